The highest BCUT2D eigenvalue weighted by Gasteiger charge is 2.52. The molecule has 1 aliphatic rings. The molecule has 3 N–H and O–H groups in total. The van der Waals surface area contributed by atoms with Crippen LogP contribution in [-0.4, -0.2) is 35.7 Å². The van der Waals surface area contributed by atoms with Gasteiger partial charge in [0.05, 0.1) is 6.61 Å². The van der Waals surface area contributed by atoms with Gasteiger partial charge in [0, 0.05) is 36.6 Å². The second-order valence-corrected chi connectivity index (χ2v) is 12.1. The average Bonchev–Trinajstić information content (AvgIpc) is 3.54. The van der Waals surface area contributed by atoms with E-state index in [4.69, 9.17) is 31.2 Å². The van der Waals surface area contributed by atoms with Crippen LogP contribution in [0, 0.1) is 0 Å². The number of halogens is 1. The summed E-state index contributed by atoms with van der Waals surface area (Å²) in [6, 6.07) is 43.1. The van der Waals surface area contributed by atoms with E-state index < -0.39 is 11.6 Å². The van der Waals surface area contributed by atoms with E-state index in [1.54, 1.807) is 0 Å². The van der Waals surface area contributed by atoms with Gasteiger partial charge in [-0.3, -0.25) is 10.2 Å². The molecule has 0 aliphatic carbocycles. The van der Waals surface area contributed by atoms with Crippen LogP contribution in [0.1, 0.15) is 41.2 Å². The van der Waals surface area contributed by atoms with Crippen molar-refractivity contribution in [1.29, 1.82) is 0 Å². The third kappa shape index (κ3) is 8.27. The molecule has 0 saturated carbocycles. The fraction of sp³-hybridized carbons (Fsp3) is 0.171. The van der Waals surface area contributed by atoms with Crippen LogP contribution in [0.4, 0.5) is 0 Å². The fourth-order valence-electron chi connectivity index (χ4n) is 5.70. The van der Waals surface area contributed by atoms with Crippen LogP contribution in [0.15, 0.2) is 145 Å². The topological polar surface area (TPSA) is 92.2 Å². The fourth-order valence-corrected chi connectivity index (χ4v) is 5.91. The van der Waals surface area contributed by atoms with Crippen LogP contribution < -0.4 is 15.6 Å². The van der Waals surface area contributed by atoms with Gasteiger partial charge in [-0.1, -0.05) is 127 Å². The second-order valence-electron chi connectivity index (χ2n) is 11.7. The predicted molar refractivity (Wildman–Crippen MR) is 195 cm³/mol. The number of aliphatic hydroxyl groups is 1. The van der Waals surface area contributed by atoms with Gasteiger partial charge < -0.3 is 14.6 Å². The Balaban J connectivity index is 1.36. The first-order valence-corrected chi connectivity index (χ1v) is 16.7. The summed E-state index contributed by atoms with van der Waals surface area (Å²) in [6.45, 7) is 0.798. The summed E-state index contributed by atoms with van der Waals surface area (Å²) < 4.78 is 12.4. The number of aliphatic imine (C=N–C) groups is 1. The number of rotatable bonds is 14. The largest absolute Gasteiger partial charge is 0.494 e. The molecule has 1 heterocycles. The Bertz CT molecular complexity index is 1880. The Morgan fingerprint density at radius 1 is 0.837 bits per heavy atom. The van der Waals surface area contributed by atoms with E-state index in [0.717, 1.165) is 27.8 Å². The molecule has 49 heavy (non-hydrogen) atoms. The van der Waals surface area contributed by atoms with Gasteiger partial charge in [-0.15, -0.1) is 0 Å². The van der Waals surface area contributed by atoms with Crippen molar-refractivity contribution in [3.63, 3.8) is 0 Å². The van der Waals surface area contributed by atoms with Crippen LogP contribution in [0.3, 0.4) is 0 Å². The van der Waals surface area contributed by atoms with E-state index in [2.05, 4.69) is 23.0 Å². The van der Waals surface area contributed by atoms with E-state index in [1.165, 1.54) is 0 Å². The van der Waals surface area contributed by atoms with Crippen molar-refractivity contribution in [2.75, 3.05) is 13.2 Å². The molecule has 6 rings (SSSR count). The van der Waals surface area contributed by atoms with Crippen molar-refractivity contribution in [3.05, 3.63) is 167 Å². The van der Waals surface area contributed by atoms with Gasteiger partial charge >= 0.3 is 0 Å². The van der Waals surface area contributed by atoms with Gasteiger partial charge in [-0.25, -0.2) is 10.4 Å². The number of amides is 1. The summed E-state index contributed by atoms with van der Waals surface area (Å²) in [6.07, 6.45) is 4.03. The Morgan fingerprint density at radius 3 is 2.20 bits per heavy atom. The molecule has 1 aliphatic heterocycles. The molecule has 0 unspecified atom stereocenters. The van der Waals surface area contributed by atoms with E-state index in [1.807, 2.05) is 133 Å². The lowest BCUT2D eigenvalue weighted by Crippen LogP contribution is -2.52. The number of nitrogens with one attached hydrogen (secondary N) is 2. The van der Waals surface area contributed by atoms with Crippen molar-refractivity contribution < 1.29 is 19.4 Å². The predicted octanol–water partition coefficient (Wildman–Crippen LogP) is 7.95. The minimum atomic E-state index is -1.36. The van der Waals surface area contributed by atoms with E-state index >= 15 is 0 Å². The molecular formula is C41H38ClN3O4. The minimum absolute atomic E-state index is 0.0621. The Hall–Kier alpha value is -5.21. The Kier molecular flexibility index (Phi) is 11.2. The number of hydrogen-bond acceptors (Lipinski definition) is 6. The van der Waals surface area contributed by atoms with Crippen LogP contribution >= 0.6 is 11.6 Å². The monoisotopic (exact) mass is 671 g/mol. The third-order valence-corrected chi connectivity index (χ3v) is 8.70. The van der Waals surface area contributed by atoms with Crippen LogP contribution in [0.25, 0.3) is 17.2 Å². The van der Waals surface area contributed by atoms with Gasteiger partial charge in [0.2, 0.25) is 5.90 Å². The molecule has 2 atom stereocenters. The van der Waals surface area contributed by atoms with Crippen LogP contribution in [0.5, 0.6) is 5.75 Å². The summed E-state index contributed by atoms with van der Waals surface area (Å²) >= 11 is 6.39. The summed E-state index contributed by atoms with van der Waals surface area (Å²) in [7, 11) is 0. The summed E-state index contributed by atoms with van der Waals surface area (Å²) in [4.78, 5) is 19.6. The molecule has 0 aromatic heterocycles. The summed E-state index contributed by atoms with van der Waals surface area (Å²) in [5.74, 6) is 0.684. The minimum Gasteiger partial charge on any atom is -0.494 e. The number of benzene rings is 5. The van der Waals surface area contributed by atoms with Crippen molar-refractivity contribution in [1.82, 2.24) is 10.9 Å². The van der Waals surface area contributed by atoms with Crippen molar-refractivity contribution in [2.24, 2.45) is 4.99 Å². The Labute approximate surface area is 291 Å². The first-order chi connectivity index (χ1) is 24.1. The maximum absolute atomic E-state index is 14.5. The third-order valence-electron chi connectivity index (χ3n) is 8.33. The highest BCUT2D eigenvalue weighted by atomic mass is 35.5. The van der Waals surface area contributed by atoms with Crippen molar-refractivity contribution in [3.8, 4) is 16.9 Å². The van der Waals surface area contributed by atoms with Gasteiger partial charge in [0.15, 0.2) is 11.6 Å². The standard InChI is InChI=1S/C41H38ClN3O4/c42-37-17-8-7-16-35(37)29-43-45-40(47)41(26-9-13-30-11-3-1-4-12-30)38(33-20-18-32(19-21-33)31-14-5-2-6-15-31)49-39(44-41)34-22-24-36(25-23-34)48-28-10-27-46/h1-9,11-25,38,43,46H,10,26-29H2,(H,45,47)/b13-9+/t38-,41-/m0/s1. The first-order valence-electron chi connectivity index (χ1n) is 16.3. The Morgan fingerprint density at radius 2 is 1.49 bits per heavy atom. The second kappa shape index (κ2) is 16.3. The van der Waals surface area contributed by atoms with Gasteiger partial charge in [-0.05, 0) is 58.1 Å². The molecule has 5 aromatic rings. The summed E-state index contributed by atoms with van der Waals surface area (Å²) in [5.41, 5.74) is 10.2. The quantitative estimate of drug-likeness (QED) is 0.0823. The van der Waals surface area contributed by atoms with Gasteiger partial charge in [0.1, 0.15) is 5.75 Å². The van der Waals surface area contributed by atoms with Crippen LogP contribution in [0.2, 0.25) is 5.02 Å². The molecule has 0 radical (unpaired) electrons. The molecule has 5 aromatic carbocycles. The summed E-state index contributed by atoms with van der Waals surface area (Å²) in [5, 5.41) is 9.71. The molecule has 7 nitrogen and oxygen atoms in total. The number of hydrogen-bond donors (Lipinski definition) is 3. The molecule has 8 heteroatoms. The van der Waals surface area contributed by atoms with Crippen molar-refractivity contribution >= 4 is 29.5 Å². The normalized spacial score (nSPS) is 17.0. The number of nitrogens with zero attached hydrogens (tertiary/aromatic N) is 1. The zero-order valence-corrected chi connectivity index (χ0v) is 27.7. The number of hydrazine groups is 1. The lowest BCUT2D eigenvalue weighted by molar-refractivity contribution is -0.129. The molecular weight excluding hydrogens is 634 g/mol. The lowest BCUT2D eigenvalue weighted by Gasteiger charge is -2.30. The van der Waals surface area contributed by atoms with Gasteiger partial charge in [0.25, 0.3) is 5.91 Å². The smallest absolute Gasteiger partial charge is 0.266 e. The first kappa shape index (κ1) is 33.7. The highest BCUT2D eigenvalue weighted by molar-refractivity contribution is 6.31. The SMILES string of the molecule is O=C(NNCc1ccccc1Cl)[C@@]1(C/C=C/c2ccccc2)N=C(c2ccc(OCCCO)cc2)O[C@H]1c1ccc(-c2ccccc2)cc1. The molecule has 0 spiro atoms. The number of carbonyl (C=O) groups is 1. The van der Waals surface area contributed by atoms with E-state index in [0.29, 0.717) is 41.8 Å². The molecule has 0 bridgehead atoms. The molecule has 0 saturated heterocycles. The van der Waals surface area contributed by atoms with E-state index in [9.17, 15) is 4.79 Å². The lowest BCUT2D eigenvalue weighted by atomic mass is 9.84. The molecule has 248 valence electrons. The maximum Gasteiger partial charge on any atom is 0.266 e. The number of carbonyl (C=O) groups excluding carboxylic acids is 1. The number of aliphatic hydroxyl groups excluding tert-OH is 1. The van der Waals surface area contributed by atoms with E-state index in [-0.39, 0.29) is 18.9 Å². The van der Waals surface area contributed by atoms with Crippen LogP contribution in [-0.2, 0) is 16.1 Å². The zero-order valence-electron chi connectivity index (χ0n) is 27.0. The molecule has 0 fully saturated rings. The highest BCUT2D eigenvalue weighted by Crippen LogP contribution is 2.43. The number of ether oxygens (including phenoxy) is 2. The maximum atomic E-state index is 14.5. The molecule has 1 amide bonds. The van der Waals surface area contributed by atoms with Crippen molar-refractivity contribution in [2.45, 2.75) is 31.0 Å². The zero-order chi connectivity index (χ0) is 33.9. The van der Waals surface area contributed by atoms with Gasteiger partial charge in [-0.2, -0.15) is 0 Å². The average molecular weight is 672 g/mol.